The molecular weight excluding hydrogens is 388 g/mol. The minimum absolute atomic E-state index is 0.451. The third kappa shape index (κ3) is 4.13. The fraction of sp³-hybridized carbons (Fsp3) is 0.409. The average molecular weight is 415 g/mol. The highest BCUT2D eigenvalue weighted by molar-refractivity contribution is 5.77. The number of imidazole rings is 1. The van der Waals surface area contributed by atoms with Crippen molar-refractivity contribution in [1.82, 2.24) is 9.13 Å². The smallest absolute Gasteiger partial charge is 0.233 e. The third-order valence-corrected chi connectivity index (χ3v) is 4.61. The van der Waals surface area contributed by atoms with Crippen LogP contribution in [-0.4, -0.2) is 16.2 Å². The molecule has 2 aromatic carbocycles. The fourth-order valence-corrected chi connectivity index (χ4v) is 3.37. The van der Waals surface area contributed by atoms with E-state index in [1.54, 1.807) is 31.4 Å². The Labute approximate surface area is 174 Å². The lowest BCUT2D eigenvalue weighted by Crippen LogP contribution is -2.40. The Morgan fingerprint density at radius 3 is 1.67 bits per heavy atom. The van der Waals surface area contributed by atoms with E-state index in [4.69, 9.17) is 4.74 Å². The van der Waals surface area contributed by atoms with Gasteiger partial charge >= 0.3 is 0 Å². The molecule has 0 spiro atoms. The standard InChI is InChI=1S/C22H27F2N5O/c1-21(2,3)28-18-12-16(23)17(24)13-19(18)29(22(4,5)6)20(28)26-27-25-14-8-10-15(30-7)11-9-14/h8-13H,1-7H3. The number of hydrogen-bond acceptors (Lipinski definition) is 3. The van der Waals surface area contributed by atoms with Crippen LogP contribution in [0.25, 0.3) is 11.0 Å². The molecule has 0 aliphatic rings. The normalized spacial score (nSPS) is 12.7. The van der Waals surface area contributed by atoms with Gasteiger partial charge in [0, 0.05) is 23.2 Å². The lowest BCUT2D eigenvalue weighted by Gasteiger charge is -2.24. The van der Waals surface area contributed by atoms with Gasteiger partial charge < -0.3 is 13.9 Å². The Kier molecular flexibility index (Phi) is 5.54. The molecule has 0 fully saturated rings. The molecule has 1 aromatic heterocycles. The monoisotopic (exact) mass is 415 g/mol. The summed E-state index contributed by atoms with van der Waals surface area (Å²) in [4.78, 5) is 0. The zero-order chi connectivity index (χ0) is 22.3. The second-order valence-corrected chi connectivity index (χ2v) is 9.05. The van der Waals surface area contributed by atoms with Crippen molar-refractivity contribution in [2.75, 3.05) is 7.11 Å². The SMILES string of the molecule is COc1ccc(N=NN=c2n(C(C)(C)C)c3cc(F)c(F)cc3n2C(C)(C)C)cc1. The summed E-state index contributed by atoms with van der Waals surface area (Å²) in [5, 5.41) is 12.6. The first kappa shape index (κ1) is 21.7. The molecule has 0 saturated carbocycles. The van der Waals surface area contributed by atoms with Gasteiger partial charge in [-0.2, -0.15) is 0 Å². The van der Waals surface area contributed by atoms with E-state index in [2.05, 4.69) is 15.4 Å². The average Bonchev–Trinajstić information content (AvgIpc) is 2.96. The summed E-state index contributed by atoms with van der Waals surface area (Å²) in [6.07, 6.45) is 0. The number of nitrogens with zero attached hydrogens (tertiary/aromatic N) is 5. The van der Waals surface area contributed by atoms with E-state index in [0.717, 1.165) is 0 Å². The van der Waals surface area contributed by atoms with E-state index >= 15 is 0 Å². The van der Waals surface area contributed by atoms with Gasteiger partial charge in [0.25, 0.3) is 0 Å². The van der Waals surface area contributed by atoms with Crippen LogP contribution in [0.15, 0.2) is 51.8 Å². The molecule has 0 atom stereocenters. The maximum absolute atomic E-state index is 14.1. The van der Waals surface area contributed by atoms with E-state index < -0.39 is 22.7 Å². The number of halogens is 2. The van der Waals surface area contributed by atoms with Gasteiger partial charge in [-0.05, 0) is 71.0 Å². The summed E-state index contributed by atoms with van der Waals surface area (Å²) in [6, 6.07) is 9.50. The Morgan fingerprint density at radius 1 is 0.800 bits per heavy atom. The third-order valence-electron chi connectivity index (χ3n) is 4.61. The maximum Gasteiger partial charge on any atom is 0.233 e. The molecule has 30 heavy (non-hydrogen) atoms. The van der Waals surface area contributed by atoms with Crippen molar-refractivity contribution < 1.29 is 13.5 Å². The molecule has 0 unspecified atom stereocenters. The van der Waals surface area contributed by atoms with Crippen LogP contribution in [0.1, 0.15) is 41.5 Å². The Morgan fingerprint density at radius 2 is 1.27 bits per heavy atom. The first-order valence-corrected chi connectivity index (χ1v) is 9.66. The van der Waals surface area contributed by atoms with E-state index in [1.165, 1.54) is 12.1 Å². The molecule has 0 amide bonds. The molecule has 0 aliphatic carbocycles. The summed E-state index contributed by atoms with van der Waals surface area (Å²) in [7, 11) is 1.59. The van der Waals surface area contributed by atoms with Crippen molar-refractivity contribution in [2.45, 2.75) is 52.6 Å². The van der Waals surface area contributed by atoms with Gasteiger partial charge in [-0.25, -0.2) is 8.78 Å². The number of ether oxygens (including phenoxy) is 1. The minimum Gasteiger partial charge on any atom is -0.497 e. The van der Waals surface area contributed by atoms with Gasteiger partial charge in [-0.1, -0.05) is 5.10 Å². The zero-order valence-corrected chi connectivity index (χ0v) is 18.4. The van der Waals surface area contributed by atoms with E-state index in [9.17, 15) is 8.78 Å². The summed E-state index contributed by atoms with van der Waals surface area (Å²) in [5.74, 6) is -1.09. The van der Waals surface area contributed by atoms with Crippen molar-refractivity contribution in [3.05, 3.63) is 53.7 Å². The summed E-state index contributed by atoms with van der Waals surface area (Å²) in [5.41, 5.74) is 1.20. The van der Waals surface area contributed by atoms with Crippen LogP contribution in [0, 0.1) is 11.6 Å². The molecule has 6 nitrogen and oxygen atoms in total. The topological polar surface area (TPSA) is 56.2 Å². The van der Waals surface area contributed by atoms with Crippen LogP contribution in [0.3, 0.4) is 0 Å². The maximum atomic E-state index is 14.1. The van der Waals surface area contributed by atoms with Crippen LogP contribution in [0.4, 0.5) is 14.5 Å². The van der Waals surface area contributed by atoms with Crippen molar-refractivity contribution in [3.8, 4) is 5.75 Å². The van der Waals surface area contributed by atoms with Gasteiger partial charge in [0.2, 0.25) is 5.62 Å². The largest absolute Gasteiger partial charge is 0.497 e. The fourth-order valence-electron chi connectivity index (χ4n) is 3.37. The molecule has 0 radical (unpaired) electrons. The summed E-state index contributed by atoms with van der Waals surface area (Å²) in [6.45, 7) is 11.8. The van der Waals surface area contributed by atoms with Crippen LogP contribution in [0.5, 0.6) is 5.75 Å². The molecule has 1 heterocycles. The van der Waals surface area contributed by atoms with Gasteiger partial charge in [-0.3, -0.25) is 0 Å². The van der Waals surface area contributed by atoms with Crippen LogP contribution in [-0.2, 0) is 11.1 Å². The number of rotatable bonds is 3. The zero-order valence-electron chi connectivity index (χ0n) is 18.4. The van der Waals surface area contributed by atoms with E-state index in [0.29, 0.717) is 28.1 Å². The van der Waals surface area contributed by atoms with Gasteiger partial charge in [0.15, 0.2) is 11.6 Å². The molecule has 0 bridgehead atoms. The van der Waals surface area contributed by atoms with Crippen molar-refractivity contribution in [3.63, 3.8) is 0 Å². The lowest BCUT2D eigenvalue weighted by atomic mass is 10.1. The number of benzene rings is 2. The summed E-state index contributed by atoms with van der Waals surface area (Å²) < 4.78 is 37.1. The second-order valence-electron chi connectivity index (χ2n) is 9.05. The Hall–Kier alpha value is -3.03. The number of fused-ring (bicyclic) bond motifs is 1. The molecular formula is C22H27F2N5O. The van der Waals surface area contributed by atoms with Crippen molar-refractivity contribution in [1.29, 1.82) is 0 Å². The highest BCUT2D eigenvalue weighted by Crippen LogP contribution is 2.27. The number of hydrogen-bond donors (Lipinski definition) is 0. The van der Waals surface area contributed by atoms with Gasteiger partial charge in [0.05, 0.1) is 23.8 Å². The number of aromatic nitrogens is 2. The first-order valence-electron chi connectivity index (χ1n) is 9.66. The van der Waals surface area contributed by atoms with Crippen molar-refractivity contribution in [2.24, 2.45) is 15.4 Å². The minimum atomic E-state index is -0.905. The quantitative estimate of drug-likeness (QED) is 0.392. The van der Waals surface area contributed by atoms with E-state index in [-0.39, 0.29) is 0 Å². The second kappa shape index (κ2) is 7.66. The highest BCUT2D eigenvalue weighted by atomic mass is 19.2. The molecule has 8 heteroatoms. The molecule has 0 aliphatic heterocycles. The molecule has 3 rings (SSSR count). The van der Waals surface area contributed by atoms with Crippen LogP contribution in [0.2, 0.25) is 0 Å². The van der Waals surface area contributed by atoms with Crippen molar-refractivity contribution >= 4 is 16.7 Å². The number of methoxy groups -OCH3 is 1. The Bertz CT molecular complexity index is 1100. The van der Waals surface area contributed by atoms with Crippen LogP contribution >= 0.6 is 0 Å². The first-order chi connectivity index (χ1) is 13.9. The van der Waals surface area contributed by atoms with Crippen LogP contribution < -0.4 is 10.4 Å². The molecule has 160 valence electrons. The predicted molar refractivity (Wildman–Crippen MR) is 113 cm³/mol. The summed E-state index contributed by atoms with van der Waals surface area (Å²) >= 11 is 0. The molecule has 3 aromatic rings. The van der Waals surface area contributed by atoms with E-state index in [1.807, 2.05) is 50.7 Å². The molecule has 0 N–H and O–H groups in total. The van der Waals surface area contributed by atoms with Gasteiger partial charge in [0.1, 0.15) is 5.75 Å². The highest BCUT2D eigenvalue weighted by Gasteiger charge is 2.28. The van der Waals surface area contributed by atoms with Gasteiger partial charge in [-0.15, -0.1) is 5.11 Å². The predicted octanol–water partition coefficient (Wildman–Crippen LogP) is 5.84. The molecule has 0 saturated heterocycles. The lowest BCUT2D eigenvalue weighted by molar-refractivity contribution is 0.342. The Balaban J connectivity index is 2.30.